The molecule has 0 amide bonds. The first-order chi connectivity index (χ1) is 33.1. The van der Waals surface area contributed by atoms with E-state index < -0.39 is 139 Å². The van der Waals surface area contributed by atoms with Crippen molar-refractivity contribution in [3.63, 3.8) is 0 Å². The smallest absolute Gasteiger partial charge is 0.254 e. The van der Waals surface area contributed by atoms with Crippen molar-refractivity contribution in [1.29, 1.82) is 0 Å². The number of halogens is 15. The van der Waals surface area contributed by atoms with E-state index in [4.69, 9.17) is 4.99 Å². The molecule has 0 fully saturated rings. The molecular formula is C53H46BF15N2Ni+. The van der Waals surface area contributed by atoms with Gasteiger partial charge >= 0.3 is 16.5 Å². The first-order valence-corrected chi connectivity index (χ1v) is 22.1. The van der Waals surface area contributed by atoms with Gasteiger partial charge in [-0.1, -0.05) is 116 Å². The molecule has 385 valence electrons. The topological polar surface area (TPSA) is 24.7 Å². The number of para-hydroxylation sites is 2. The molecule has 0 aromatic heterocycles. The van der Waals surface area contributed by atoms with Crippen molar-refractivity contribution in [2.75, 3.05) is 0 Å². The van der Waals surface area contributed by atoms with E-state index >= 15 is 52.7 Å². The van der Waals surface area contributed by atoms with Crippen LogP contribution >= 0.6 is 0 Å². The number of rotatable bonds is 12. The van der Waals surface area contributed by atoms with Crippen LogP contribution in [0.5, 0.6) is 0 Å². The zero-order valence-corrected chi connectivity index (χ0v) is 41.0. The minimum Gasteiger partial charge on any atom is -0.254 e. The van der Waals surface area contributed by atoms with Gasteiger partial charge in [0.2, 0.25) is 0 Å². The maximum Gasteiger partial charge on any atom is 2.00 e. The molecule has 0 heterocycles. The Hall–Kier alpha value is -5.57. The summed E-state index contributed by atoms with van der Waals surface area (Å²) in [7, 11) is 0. The summed E-state index contributed by atoms with van der Waals surface area (Å²) in [6, 6.07) is 9.59. The third-order valence-electron chi connectivity index (χ3n) is 12.2. The molecule has 19 heteroatoms. The Morgan fingerprint density at radius 2 is 0.708 bits per heavy atom. The second-order valence-electron chi connectivity index (χ2n) is 18.1. The van der Waals surface area contributed by atoms with Crippen LogP contribution in [0.4, 0.5) is 77.2 Å². The summed E-state index contributed by atoms with van der Waals surface area (Å²) >= 11 is 0. The van der Waals surface area contributed by atoms with Crippen LogP contribution in [-0.2, 0) is 16.5 Å². The van der Waals surface area contributed by atoms with Gasteiger partial charge < -0.3 is 0 Å². The molecule has 5 aromatic carbocycles. The van der Waals surface area contributed by atoms with E-state index in [2.05, 4.69) is 11.9 Å². The van der Waals surface area contributed by atoms with Gasteiger partial charge in [-0.05, 0) is 66.2 Å². The van der Waals surface area contributed by atoms with Crippen LogP contribution in [0.3, 0.4) is 0 Å². The Kier molecular flexibility index (Phi) is 19.3. The average Bonchev–Trinajstić information content (AvgIpc) is 3.32. The Morgan fingerprint density at radius 3 is 0.944 bits per heavy atom. The van der Waals surface area contributed by atoms with E-state index in [1.165, 1.54) is 12.1 Å². The maximum absolute atomic E-state index is 16.6. The van der Waals surface area contributed by atoms with Gasteiger partial charge in [-0.15, -0.1) is 22.7 Å². The molecule has 1 aliphatic rings. The molecule has 72 heavy (non-hydrogen) atoms. The largest absolute Gasteiger partial charge is 2.00 e. The van der Waals surface area contributed by atoms with Crippen molar-refractivity contribution in [3.8, 4) is 0 Å². The van der Waals surface area contributed by atoms with Crippen LogP contribution in [0, 0.1) is 107 Å². The summed E-state index contributed by atoms with van der Waals surface area (Å²) < 4.78 is 237. The maximum atomic E-state index is 16.6. The fourth-order valence-electron chi connectivity index (χ4n) is 8.59. The van der Waals surface area contributed by atoms with Crippen molar-refractivity contribution in [2.45, 2.75) is 92.3 Å². The molecule has 3 radical (unpaired) electrons. The number of benzene rings is 5. The zero-order valence-electron chi connectivity index (χ0n) is 40.0. The normalized spacial score (nSPS) is 13.5. The van der Waals surface area contributed by atoms with Gasteiger partial charge in [0.1, 0.15) is 41.0 Å². The molecule has 0 aliphatic heterocycles. The van der Waals surface area contributed by atoms with Gasteiger partial charge in [0, 0.05) is 11.6 Å². The van der Waals surface area contributed by atoms with E-state index in [0.717, 1.165) is 12.8 Å². The van der Waals surface area contributed by atoms with Gasteiger partial charge in [-0.3, -0.25) is 9.98 Å². The van der Waals surface area contributed by atoms with Crippen molar-refractivity contribution in [3.05, 3.63) is 189 Å². The average molecular weight is 1070 g/mol. The van der Waals surface area contributed by atoms with Crippen molar-refractivity contribution in [2.24, 2.45) is 9.98 Å². The van der Waals surface area contributed by atoms with Gasteiger partial charge in [0.05, 0.1) is 17.1 Å². The first-order valence-electron chi connectivity index (χ1n) is 22.1. The summed E-state index contributed by atoms with van der Waals surface area (Å²) in [4.78, 5) is 9.36. The summed E-state index contributed by atoms with van der Waals surface area (Å²) in [5, 5.41) is 0. The molecule has 0 saturated carbocycles. The van der Waals surface area contributed by atoms with Crippen molar-refractivity contribution >= 4 is 45.3 Å². The SMILES string of the molecule is CC(=Nc1c(C(C)C)cccc1C(C)C)C(C[B-](c1c(F)c(F)c(F)c(F)c1F)(c1c(F)c(F)c(F)c(F)c1F)c1c(F)c(F)c(F)c(F)c1F)=Nc1c(C(C)C)cccc1C(C)C.[CH2][C]1[CH]C=CC=C1.[Ni+2]. The molecule has 5 aromatic rings. The second kappa shape index (κ2) is 23.5. The summed E-state index contributed by atoms with van der Waals surface area (Å²) in [5.74, 6) is -46.6. The first kappa shape index (κ1) is 59.0. The van der Waals surface area contributed by atoms with Crippen LogP contribution in [0.15, 0.2) is 70.7 Å². The molecule has 0 spiro atoms. The molecular weight excluding hydrogens is 1020 g/mol. The van der Waals surface area contributed by atoms with Crippen LogP contribution in [0.25, 0.3) is 0 Å². The summed E-state index contributed by atoms with van der Waals surface area (Å²) in [6.45, 7) is 18.5. The minimum atomic E-state index is -5.99. The fourth-order valence-corrected chi connectivity index (χ4v) is 8.59. The Bertz CT molecular complexity index is 2690. The Morgan fingerprint density at radius 1 is 0.431 bits per heavy atom. The molecule has 0 saturated heterocycles. The van der Waals surface area contributed by atoms with E-state index in [9.17, 15) is 13.2 Å². The third-order valence-corrected chi connectivity index (χ3v) is 12.2. The predicted molar refractivity (Wildman–Crippen MR) is 248 cm³/mol. The minimum absolute atomic E-state index is 0. The van der Waals surface area contributed by atoms with Crippen LogP contribution in [0.1, 0.15) is 108 Å². The quantitative estimate of drug-likeness (QED) is 0.0391. The molecule has 2 nitrogen and oxygen atoms in total. The molecule has 1 aliphatic carbocycles. The second-order valence-corrected chi connectivity index (χ2v) is 18.1. The molecule has 0 bridgehead atoms. The van der Waals surface area contributed by atoms with E-state index in [-0.39, 0.29) is 39.7 Å². The molecule has 0 unspecified atom stereocenters. The van der Waals surface area contributed by atoms with Gasteiger partial charge in [0.25, 0.3) is 0 Å². The molecule has 6 rings (SSSR count). The third kappa shape index (κ3) is 11.0. The van der Waals surface area contributed by atoms with Crippen LogP contribution < -0.4 is 16.4 Å². The fraction of sp³-hybridized carbons (Fsp3) is 0.264. The van der Waals surface area contributed by atoms with E-state index in [0.29, 0.717) is 22.3 Å². The summed E-state index contributed by atoms with van der Waals surface area (Å²) in [6.07, 6.45) is 1.78. The number of hydrogen-bond acceptors (Lipinski definition) is 2. The Labute approximate surface area is 418 Å². The van der Waals surface area contributed by atoms with Crippen LogP contribution in [-0.4, -0.2) is 17.6 Å². The van der Waals surface area contributed by atoms with E-state index in [1.807, 2.05) is 30.7 Å². The van der Waals surface area contributed by atoms with Gasteiger partial charge in [0.15, 0.2) is 52.4 Å². The Balaban J connectivity index is 0.00000129. The van der Waals surface area contributed by atoms with Gasteiger partial charge in [-0.25, -0.2) is 65.9 Å². The zero-order chi connectivity index (χ0) is 53.3. The number of nitrogens with zero attached hydrogens (tertiary/aromatic N) is 2. The molecule has 0 atom stereocenters. The standard InChI is InChI=1S/C46H39BF15N2.C7H7.Ni/c1-17(2)22-12-10-13-23(18(3)4)45(22)63-21(9)26(64-46-24(19(5)6)14-11-15-25(46)20(7)8)16-47(27-30(48)36(54)42(60)37(55)31(27)49,28-32(50)38(56)43(61)39(57)33(28)51)29-34(52)40(58)44(62)41(59)35(29)53;1-7-5-3-2-4-6-7;/h10-15,17-20H,16H2,1-9H3;2-6H,1H2;/q-1;;+2. The van der Waals surface area contributed by atoms with Crippen LogP contribution in [0.2, 0.25) is 6.32 Å². The number of allylic oxidation sites excluding steroid dienone is 4. The number of aliphatic imine (C=N–C) groups is 2. The number of hydrogen-bond donors (Lipinski definition) is 0. The van der Waals surface area contributed by atoms with Crippen molar-refractivity contribution < 1.29 is 82.3 Å². The van der Waals surface area contributed by atoms with E-state index in [1.54, 1.807) is 79.7 Å². The molecule has 0 N–H and O–H groups in total. The van der Waals surface area contributed by atoms with Crippen molar-refractivity contribution in [1.82, 2.24) is 0 Å². The summed E-state index contributed by atoms with van der Waals surface area (Å²) in [5.41, 5.74) is -7.84. The predicted octanol–water partition coefficient (Wildman–Crippen LogP) is 15.0. The monoisotopic (exact) mass is 1060 g/mol. The van der Waals surface area contributed by atoms with Gasteiger partial charge in [-0.2, -0.15) is 0 Å².